The van der Waals surface area contributed by atoms with Gasteiger partial charge < -0.3 is 10.1 Å². The van der Waals surface area contributed by atoms with Gasteiger partial charge in [0.05, 0.1) is 12.7 Å². The number of ether oxygens (including phenoxy) is 1. The summed E-state index contributed by atoms with van der Waals surface area (Å²) in [6, 6.07) is 16.5. The molecule has 4 heteroatoms. The molecule has 18 heavy (non-hydrogen) atoms. The summed E-state index contributed by atoms with van der Waals surface area (Å²) in [5.74, 6) is 0.398. The zero-order valence-corrected chi connectivity index (χ0v) is 10.7. The molecule has 0 heterocycles. The first-order valence-electron chi connectivity index (χ1n) is 5.30. The molecule has 0 saturated heterocycles. The van der Waals surface area contributed by atoms with Crippen LogP contribution in [0.3, 0.4) is 0 Å². The minimum Gasteiger partial charge on any atom is -0.496 e. The Bertz CT molecular complexity index is 514. The standard InChI is InChI=1S/C14H13NO2.ClH/c1-17-13-10-6-5-9-12(13)14(16)15-11-7-3-2-4-8-11;/h2-10H,1H3,(H,15,16);1H. The van der Waals surface area contributed by atoms with Crippen LogP contribution in [-0.4, -0.2) is 13.0 Å². The van der Waals surface area contributed by atoms with Crippen molar-refractivity contribution in [1.82, 2.24) is 0 Å². The van der Waals surface area contributed by atoms with Gasteiger partial charge in [0.25, 0.3) is 5.91 Å². The largest absolute Gasteiger partial charge is 0.496 e. The second kappa shape index (κ2) is 6.67. The fourth-order valence-electron chi connectivity index (χ4n) is 1.55. The van der Waals surface area contributed by atoms with Crippen molar-refractivity contribution in [3.63, 3.8) is 0 Å². The molecule has 0 unspecified atom stereocenters. The summed E-state index contributed by atoms with van der Waals surface area (Å²) >= 11 is 0. The van der Waals surface area contributed by atoms with Crippen LogP contribution in [0.1, 0.15) is 10.4 Å². The number of carbonyl (C=O) groups excluding carboxylic acids is 1. The molecule has 0 spiro atoms. The third-order valence-electron chi connectivity index (χ3n) is 2.38. The van der Waals surface area contributed by atoms with Crippen LogP contribution in [0, 0.1) is 0 Å². The molecule has 1 amide bonds. The van der Waals surface area contributed by atoms with Gasteiger partial charge in [-0.05, 0) is 24.3 Å². The Morgan fingerprint density at radius 3 is 2.28 bits per heavy atom. The van der Waals surface area contributed by atoms with E-state index in [1.807, 2.05) is 42.5 Å². The fourth-order valence-corrected chi connectivity index (χ4v) is 1.55. The molecule has 0 saturated carbocycles. The first-order valence-corrected chi connectivity index (χ1v) is 5.30. The van der Waals surface area contributed by atoms with Crippen molar-refractivity contribution in [2.45, 2.75) is 0 Å². The molecular formula is C14H14ClNO2. The summed E-state index contributed by atoms with van der Waals surface area (Å²) in [6.45, 7) is 0. The van der Waals surface area contributed by atoms with Crippen molar-refractivity contribution >= 4 is 24.0 Å². The van der Waals surface area contributed by atoms with Gasteiger partial charge in [0, 0.05) is 5.69 Å². The molecule has 0 aliphatic carbocycles. The van der Waals surface area contributed by atoms with Gasteiger partial charge in [0.1, 0.15) is 5.75 Å². The molecule has 2 aromatic rings. The predicted octanol–water partition coefficient (Wildman–Crippen LogP) is 3.37. The van der Waals surface area contributed by atoms with E-state index in [1.165, 1.54) is 0 Å². The maximum atomic E-state index is 12.0. The molecule has 0 bridgehead atoms. The van der Waals surface area contributed by atoms with Crippen LogP contribution in [0.4, 0.5) is 5.69 Å². The topological polar surface area (TPSA) is 38.3 Å². The van der Waals surface area contributed by atoms with E-state index in [1.54, 1.807) is 19.2 Å². The van der Waals surface area contributed by atoms with Crippen LogP contribution < -0.4 is 10.1 Å². The van der Waals surface area contributed by atoms with Crippen LogP contribution in [-0.2, 0) is 0 Å². The van der Waals surface area contributed by atoms with Gasteiger partial charge in [-0.25, -0.2) is 0 Å². The van der Waals surface area contributed by atoms with E-state index in [4.69, 9.17) is 4.74 Å². The van der Waals surface area contributed by atoms with Crippen molar-refractivity contribution in [3.8, 4) is 5.75 Å². The smallest absolute Gasteiger partial charge is 0.259 e. The van der Waals surface area contributed by atoms with E-state index < -0.39 is 0 Å². The molecule has 0 atom stereocenters. The Labute approximate surface area is 112 Å². The summed E-state index contributed by atoms with van der Waals surface area (Å²) in [5, 5.41) is 2.81. The van der Waals surface area contributed by atoms with Gasteiger partial charge >= 0.3 is 0 Å². The van der Waals surface area contributed by atoms with E-state index in [0.29, 0.717) is 11.3 Å². The Morgan fingerprint density at radius 2 is 1.61 bits per heavy atom. The highest BCUT2D eigenvalue weighted by atomic mass is 35.5. The average molecular weight is 264 g/mol. The number of nitrogens with one attached hydrogen (secondary N) is 1. The number of hydrogen-bond acceptors (Lipinski definition) is 2. The van der Waals surface area contributed by atoms with E-state index in [9.17, 15) is 4.79 Å². The quantitative estimate of drug-likeness (QED) is 0.922. The van der Waals surface area contributed by atoms with Crippen molar-refractivity contribution in [2.75, 3.05) is 12.4 Å². The second-order valence-corrected chi connectivity index (χ2v) is 3.52. The first-order chi connectivity index (χ1) is 8.31. The maximum Gasteiger partial charge on any atom is 0.259 e. The molecule has 0 aliphatic rings. The number of hydrogen-bond donors (Lipinski definition) is 1. The third kappa shape index (κ3) is 3.25. The Morgan fingerprint density at radius 1 is 1.00 bits per heavy atom. The van der Waals surface area contributed by atoms with Crippen molar-refractivity contribution in [3.05, 3.63) is 60.2 Å². The van der Waals surface area contributed by atoms with Crippen LogP contribution in [0.25, 0.3) is 0 Å². The number of rotatable bonds is 3. The lowest BCUT2D eigenvalue weighted by Crippen LogP contribution is -2.12. The van der Waals surface area contributed by atoms with Crippen molar-refractivity contribution < 1.29 is 9.53 Å². The Hall–Kier alpha value is -2.00. The SMILES string of the molecule is COc1ccccc1C(=O)Nc1ccccc1.Cl. The number of amides is 1. The van der Waals surface area contributed by atoms with Crippen molar-refractivity contribution in [2.24, 2.45) is 0 Å². The number of para-hydroxylation sites is 2. The number of anilines is 1. The number of methoxy groups -OCH3 is 1. The van der Waals surface area contributed by atoms with Crippen LogP contribution in [0.15, 0.2) is 54.6 Å². The number of benzene rings is 2. The summed E-state index contributed by atoms with van der Waals surface area (Å²) in [4.78, 5) is 12.0. The van der Waals surface area contributed by atoms with Gasteiger partial charge in [-0.2, -0.15) is 0 Å². The summed E-state index contributed by atoms with van der Waals surface area (Å²) in [6.07, 6.45) is 0. The molecule has 0 radical (unpaired) electrons. The highest BCUT2D eigenvalue weighted by Crippen LogP contribution is 2.18. The van der Waals surface area contributed by atoms with Crippen LogP contribution >= 0.6 is 12.4 Å². The lowest BCUT2D eigenvalue weighted by molar-refractivity contribution is 0.102. The third-order valence-corrected chi connectivity index (χ3v) is 2.38. The minimum atomic E-state index is -0.173. The second-order valence-electron chi connectivity index (χ2n) is 3.52. The molecule has 2 rings (SSSR count). The lowest BCUT2D eigenvalue weighted by atomic mass is 10.2. The van der Waals surface area contributed by atoms with E-state index >= 15 is 0 Å². The molecule has 0 fully saturated rings. The predicted molar refractivity (Wildman–Crippen MR) is 74.6 cm³/mol. The Kier molecular flexibility index (Phi) is 5.21. The molecule has 0 aliphatic heterocycles. The fraction of sp³-hybridized carbons (Fsp3) is 0.0714. The van der Waals surface area contributed by atoms with Gasteiger partial charge in [0.2, 0.25) is 0 Å². The van der Waals surface area contributed by atoms with E-state index in [0.717, 1.165) is 5.69 Å². The van der Waals surface area contributed by atoms with Gasteiger partial charge in [-0.15, -0.1) is 12.4 Å². The summed E-state index contributed by atoms with van der Waals surface area (Å²) in [5.41, 5.74) is 1.29. The normalized spacial score (nSPS) is 9.17. The lowest BCUT2D eigenvalue weighted by Gasteiger charge is -2.08. The zero-order chi connectivity index (χ0) is 12.1. The summed E-state index contributed by atoms with van der Waals surface area (Å²) in [7, 11) is 1.55. The van der Waals surface area contributed by atoms with E-state index in [2.05, 4.69) is 5.32 Å². The first kappa shape index (κ1) is 14.1. The molecular weight excluding hydrogens is 250 g/mol. The highest BCUT2D eigenvalue weighted by Gasteiger charge is 2.10. The number of carbonyl (C=O) groups is 1. The monoisotopic (exact) mass is 263 g/mol. The van der Waals surface area contributed by atoms with Crippen molar-refractivity contribution in [1.29, 1.82) is 0 Å². The van der Waals surface area contributed by atoms with Crippen LogP contribution in [0.2, 0.25) is 0 Å². The molecule has 94 valence electrons. The Balaban J connectivity index is 0.00000162. The molecule has 1 N–H and O–H groups in total. The molecule has 0 aromatic heterocycles. The highest BCUT2D eigenvalue weighted by molar-refractivity contribution is 6.06. The average Bonchev–Trinajstić information content (AvgIpc) is 2.40. The number of halogens is 1. The van der Waals surface area contributed by atoms with Gasteiger partial charge in [-0.3, -0.25) is 4.79 Å². The van der Waals surface area contributed by atoms with Gasteiger partial charge in [-0.1, -0.05) is 30.3 Å². The minimum absolute atomic E-state index is 0. The molecule has 2 aromatic carbocycles. The maximum absolute atomic E-state index is 12.0. The van der Waals surface area contributed by atoms with Crippen LogP contribution in [0.5, 0.6) is 5.75 Å². The zero-order valence-electron chi connectivity index (χ0n) is 9.92. The summed E-state index contributed by atoms with van der Waals surface area (Å²) < 4.78 is 5.14. The van der Waals surface area contributed by atoms with Gasteiger partial charge in [0.15, 0.2) is 0 Å². The van der Waals surface area contributed by atoms with E-state index in [-0.39, 0.29) is 18.3 Å². The molecule has 3 nitrogen and oxygen atoms in total.